The number of hydrogen-bond acceptors (Lipinski definition) is 5. The molecule has 1 aromatic carbocycles. The maximum absolute atomic E-state index is 14.5. The summed E-state index contributed by atoms with van der Waals surface area (Å²) in [7, 11) is 0. The van der Waals surface area contributed by atoms with Crippen LogP contribution in [0, 0.1) is 23.4 Å². The molecule has 2 N–H and O–H groups in total. The molecule has 4 atom stereocenters. The van der Waals surface area contributed by atoms with E-state index in [2.05, 4.69) is 16.9 Å². The third-order valence-electron chi connectivity index (χ3n) is 7.47. The van der Waals surface area contributed by atoms with Crippen LogP contribution in [0.3, 0.4) is 0 Å². The lowest BCUT2D eigenvalue weighted by atomic mass is 9.72. The van der Waals surface area contributed by atoms with E-state index >= 15 is 0 Å². The van der Waals surface area contributed by atoms with E-state index in [-0.39, 0.29) is 41.6 Å². The first kappa shape index (κ1) is 26.5. The molecule has 1 aliphatic rings. The van der Waals surface area contributed by atoms with Gasteiger partial charge in [0, 0.05) is 37.1 Å². The number of aromatic nitrogens is 3. The van der Waals surface area contributed by atoms with Crippen molar-refractivity contribution in [3.63, 3.8) is 0 Å². The largest absolute Gasteiger partial charge is 0.326 e. The molecule has 0 unspecified atom stereocenters. The predicted octanol–water partition coefficient (Wildman–Crippen LogP) is 5.23. The lowest BCUT2D eigenvalue weighted by Crippen LogP contribution is -2.45. The number of nitrogens with two attached hydrogens (primary N) is 1. The molecule has 1 aliphatic carbocycles. The van der Waals surface area contributed by atoms with Crippen molar-refractivity contribution in [1.82, 2.24) is 14.5 Å². The molecule has 200 valence electrons. The summed E-state index contributed by atoms with van der Waals surface area (Å²) >= 11 is 0. The number of carbonyl (C=O) groups excluding carboxylic acids is 1. The SMILES string of the molecule is C[C@@H]1C[C@H](c2ccncc2CC(=O)c2ccc(F)c(-c3c(F)cccc3F)n2)C[C@H](N)[C@@H]1n1ccccc1=O. The Morgan fingerprint density at radius 2 is 1.77 bits per heavy atom. The summed E-state index contributed by atoms with van der Waals surface area (Å²) in [5.41, 5.74) is 6.81. The second-order valence-corrected chi connectivity index (χ2v) is 10.0. The van der Waals surface area contributed by atoms with Gasteiger partial charge in [-0.2, -0.15) is 0 Å². The van der Waals surface area contributed by atoms with Gasteiger partial charge in [-0.05, 0) is 72.2 Å². The quantitative estimate of drug-likeness (QED) is 0.344. The molecule has 0 spiro atoms. The molecule has 0 aliphatic heterocycles. The van der Waals surface area contributed by atoms with Crippen molar-refractivity contribution in [3.8, 4) is 11.3 Å². The standard InChI is InChI=1S/C30H27F3N4O2/c1-17-13-18(14-24(34)30(17)37-12-3-2-7-27(37)39)20-10-11-35-16-19(20)15-26(38)25-9-8-23(33)29(36-25)28-21(31)5-4-6-22(28)32/h2-12,16-18,24,30H,13-15,34H2,1H3/t17-,18+,24+,30-/m1/s1. The van der Waals surface area contributed by atoms with Gasteiger partial charge >= 0.3 is 0 Å². The Kier molecular flexibility index (Phi) is 7.43. The van der Waals surface area contributed by atoms with E-state index < -0.39 is 34.5 Å². The Morgan fingerprint density at radius 3 is 2.49 bits per heavy atom. The third-order valence-corrected chi connectivity index (χ3v) is 7.47. The molecular weight excluding hydrogens is 505 g/mol. The van der Waals surface area contributed by atoms with Gasteiger partial charge in [-0.3, -0.25) is 14.6 Å². The highest BCUT2D eigenvalue weighted by atomic mass is 19.1. The second-order valence-electron chi connectivity index (χ2n) is 10.0. The van der Waals surface area contributed by atoms with Gasteiger partial charge in [0.2, 0.25) is 0 Å². The minimum absolute atomic E-state index is 0.0284. The Bertz CT molecular complexity index is 1560. The normalized spacial score (nSPS) is 21.1. The van der Waals surface area contributed by atoms with Crippen molar-refractivity contribution >= 4 is 5.78 Å². The number of carbonyl (C=O) groups is 1. The molecule has 5 rings (SSSR count). The first-order valence-corrected chi connectivity index (χ1v) is 12.7. The Balaban J connectivity index is 1.40. The molecule has 0 radical (unpaired) electrons. The molecule has 1 fully saturated rings. The van der Waals surface area contributed by atoms with Crippen LogP contribution in [0.15, 0.2) is 78.0 Å². The number of hydrogen-bond donors (Lipinski definition) is 1. The van der Waals surface area contributed by atoms with Crippen LogP contribution in [-0.2, 0) is 6.42 Å². The van der Waals surface area contributed by atoms with Crippen LogP contribution >= 0.6 is 0 Å². The van der Waals surface area contributed by atoms with E-state index in [9.17, 15) is 22.8 Å². The molecule has 3 heterocycles. The molecular formula is C30H27F3N4O2. The maximum atomic E-state index is 14.5. The first-order chi connectivity index (χ1) is 18.7. The number of ketones is 1. The number of rotatable bonds is 6. The first-order valence-electron chi connectivity index (χ1n) is 12.7. The van der Waals surface area contributed by atoms with E-state index in [0.717, 1.165) is 30.2 Å². The van der Waals surface area contributed by atoms with E-state index in [4.69, 9.17) is 5.73 Å². The molecule has 6 nitrogen and oxygen atoms in total. The van der Waals surface area contributed by atoms with Gasteiger partial charge in [0.15, 0.2) is 5.78 Å². The number of Topliss-reactive ketones (excluding diaryl/α,β-unsaturated/α-hetero) is 1. The minimum Gasteiger partial charge on any atom is -0.326 e. The number of benzene rings is 1. The van der Waals surface area contributed by atoms with Crippen LogP contribution < -0.4 is 11.3 Å². The zero-order valence-electron chi connectivity index (χ0n) is 21.2. The van der Waals surface area contributed by atoms with E-state index in [1.165, 1.54) is 18.2 Å². The maximum Gasteiger partial charge on any atom is 0.250 e. The summed E-state index contributed by atoms with van der Waals surface area (Å²) in [4.78, 5) is 33.9. The zero-order chi connectivity index (χ0) is 27.7. The highest BCUT2D eigenvalue weighted by Crippen LogP contribution is 2.41. The molecule has 39 heavy (non-hydrogen) atoms. The van der Waals surface area contributed by atoms with Gasteiger partial charge < -0.3 is 10.3 Å². The Morgan fingerprint density at radius 1 is 1.00 bits per heavy atom. The Hall–Kier alpha value is -4.11. The lowest BCUT2D eigenvalue weighted by Gasteiger charge is -2.40. The van der Waals surface area contributed by atoms with E-state index in [1.54, 1.807) is 29.2 Å². The van der Waals surface area contributed by atoms with Gasteiger partial charge in [0.05, 0.1) is 11.6 Å². The van der Waals surface area contributed by atoms with E-state index in [0.29, 0.717) is 12.0 Å². The van der Waals surface area contributed by atoms with Crippen LogP contribution in [0.1, 0.15) is 53.3 Å². The Labute approximate surface area is 223 Å². The van der Waals surface area contributed by atoms with Gasteiger partial charge in [0.1, 0.15) is 28.8 Å². The van der Waals surface area contributed by atoms with Crippen molar-refractivity contribution in [2.24, 2.45) is 11.7 Å². The minimum atomic E-state index is -0.973. The van der Waals surface area contributed by atoms with Crippen molar-refractivity contribution in [1.29, 1.82) is 0 Å². The summed E-state index contributed by atoms with van der Waals surface area (Å²) in [5.74, 6) is -3.20. The molecule has 1 saturated carbocycles. The molecule has 0 saturated heterocycles. The highest BCUT2D eigenvalue weighted by molar-refractivity contribution is 5.96. The lowest BCUT2D eigenvalue weighted by molar-refractivity contribution is 0.0987. The number of pyridine rings is 3. The summed E-state index contributed by atoms with van der Waals surface area (Å²) < 4.78 is 44.8. The van der Waals surface area contributed by atoms with Gasteiger partial charge in [-0.25, -0.2) is 18.2 Å². The summed E-state index contributed by atoms with van der Waals surface area (Å²) in [5, 5.41) is 0. The average Bonchev–Trinajstić information content (AvgIpc) is 2.90. The average molecular weight is 533 g/mol. The fraction of sp³-hybridized carbons (Fsp3) is 0.267. The predicted molar refractivity (Wildman–Crippen MR) is 141 cm³/mol. The fourth-order valence-electron chi connectivity index (χ4n) is 5.74. The molecule has 0 amide bonds. The molecule has 9 heteroatoms. The van der Waals surface area contributed by atoms with Gasteiger partial charge in [-0.15, -0.1) is 0 Å². The van der Waals surface area contributed by atoms with Crippen molar-refractivity contribution in [2.75, 3.05) is 0 Å². The third kappa shape index (κ3) is 5.27. The second kappa shape index (κ2) is 10.9. The van der Waals surface area contributed by atoms with E-state index in [1.807, 2.05) is 12.1 Å². The smallest absolute Gasteiger partial charge is 0.250 e. The van der Waals surface area contributed by atoms with Crippen LogP contribution in [0.5, 0.6) is 0 Å². The summed E-state index contributed by atoms with van der Waals surface area (Å²) in [6.07, 6.45) is 6.30. The number of halogens is 3. The monoisotopic (exact) mass is 532 g/mol. The van der Waals surface area contributed by atoms with Crippen molar-refractivity contribution in [2.45, 2.75) is 44.2 Å². The number of nitrogens with zero attached hydrogens (tertiary/aromatic N) is 3. The van der Waals surface area contributed by atoms with Crippen LogP contribution in [0.25, 0.3) is 11.3 Å². The van der Waals surface area contributed by atoms with Crippen LogP contribution in [0.4, 0.5) is 13.2 Å². The fourth-order valence-corrected chi connectivity index (χ4v) is 5.74. The summed E-state index contributed by atoms with van der Waals surface area (Å²) in [6.45, 7) is 2.06. The molecule has 3 aromatic heterocycles. The summed E-state index contributed by atoms with van der Waals surface area (Å²) in [6, 6.07) is 11.8. The van der Waals surface area contributed by atoms with Crippen LogP contribution in [0.2, 0.25) is 0 Å². The van der Waals surface area contributed by atoms with Crippen LogP contribution in [-0.4, -0.2) is 26.4 Å². The highest BCUT2D eigenvalue weighted by Gasteiger charge is 2.36. The molecule has 0 bridgehead atoms. The zero-order valence-corrected chi connectivity index (χ0v) is 21.2. The topological polar surface area (TPSA) is 90.9 Å². The van der Waals surface area contributed by atoms with Crippen molar-refractivity contribution < 1.29 is 18.0 Å². The van der Waals surface area contributed by atoms with Gasteiger partial charge in [0.25, 0.3) is 5.56 Å². The molecule has 4 aromatic rings. The van der Waals surface area contributed by atoms with Crippen molar-refractivity contribution in [3.05, 3.63) is 118 Å². The van der Waals surface area contributed by atoms with Gasteiger partial charge in [-0.1, -0.05) is 19.1 Å².